The van der Waals surface area contributed by atoms with Crippen LogP contribution in [0.4, 0.5) is 4.79 Å². The molecule has 1 fully saturated rings. The van der Waals surface area contributed by atoms with Crippen LogP contribution in [-0.2, 0) is 9.53 Å². The minimum atomic E-state index is -0.733. The van der Waals surface area contributed by atoms with Gasteiger partial charge in [0.15, 0.2) is 0 Å². The molecule has 15 heavy (non-hydrogen) atoms. The Morgan fingerprint density at radius 3 is 2.40 bits per heavy atom. The summed E-state index contributed by atoms with van der Waals surface area (Å²) in [6.45, 7) is 0. The van der Waals surface area contributed by atoms with Gasteiger partial charge in [0.05, 0.1) is 0 Å². The van der Waals surface area contributed by atoms with Crippen LogP contribution in [0.3, 0.4) is 0 Å². The quantitative estimate of drug-likeness (QED) is 0.707. The fraction of sp³-hybridized carbons (Fsp3) is 0.778. The predicted molar refractivity (Wildman–Crippen MR) is 55.6 cm³/mol. The third-order valence-electron chi connectivity index (χ3n) is 2.44. The minimum absolute atomic E-state index is 0.0162. The summed E-state index contributed by atoms with van der Waals surface area (Å²) in [5.41, 5.74) is 4.91. The zero-order valence-electron chi connectivity index (χ0n) is 8.37. The molecule has 0 radical (unpaired) electrons. The monoisotopic (exact) mass is 234 g/mol. The highest BCUT2D eigenvalue weighted by molar-refractivity contribution is 6.27. The summed E-state index contributed by atoms with van der Waals surface area (Å²) in [5.74, 6) is -0.173. The fourth-order valence-electron chi connectivity index (χ4n) is 1.76. The van der Waals surface area contributed by atoms with Crippen molar-refractivity contribution in [2.24, 2.45) is 5.73 Å². The number of hydrogen-bond donors (Lipinski definition) is 2. The van der Waals surface area contributed by atoms with Gasteiger partial charge in [-0.2, -0.15) is 0 Å². The Morgan fingerprint density at radius 1 is 1.33 bits per heavy atom. The first-order valence-corrected chi connectivity index (χ1v) is 5.46. The van der Waals surface area contributed by atoms with Crippen molar-refractivity contribution < 1.29 is 14.3 Å². The molecule has 0 aliphatic heterocycles. The van der Waals surface area contributed by atoms with Crippen LogP contribution in [0.5, 0.6) is 0 Å². The first-order valence-electron chi connectivity index (χ1n) is 4.93. The van der Waals surface area contributed by atoms with Crippen molar-refractivity contribution in [1.82, 2.24) is 5.32 Å². The van der Waals surface area contributed by atoms with Crippen LogP contribution in [0, 0.1) is 0 Å². The van der Waals surface area contributed by atoms with Gasteiger partial charge in [-0.25, -0.2) is 4.79 Å². The first-order chi connectivity index (χ1) is 7.11. The molecule has 6 heteroatoms. The number of alkyl halides is 1. The normalized spacial score (nSPS) is 25.7. The zero-order valence-corrected chi connectivity index (χ0v) is 9.13. The van der Waals surface area contributed by atoms with E-state index in [9.17, 15) is 9.59 Å². The molecule has 3 N–H and O–H groups in total. The van der Waals surface area contributed by atoms with Gasteiger partial charge in [-0.1, -0.05) is 0 Å². The SMILES string of the molecule is NC(=O)O[C@H]1CC[C@H](NC(=O)CCl)CC1. The summed E-state index contributed by atoms with van der Waals surface area (Å²) in [5, 5.41) is 2.80. The molecule has 0 bridgehead atoms. The van der Waals surface area contributed by atoms with Crippen molar-refractivity contribution in [3.8, 4) is 0 Å². The van der Waals surface area contributed by atoms with Crippen molar-refractivity contribution in [3.05, 3.63) is 0 Å². The largest absolute Gasteiger partial charge is 0.446 e. The van der Waals surface area contributed by atoms with Crippen molar-refractivity contribution in [2.45, 2.75) is 37.8 Å². The number of nitrogens with two attached hydrogens (primary N) is 1. The molecule has 5 nitrogen and oxygen atoms in total. The van der Waals surface area contributed by atoms with Gasteiger partial charge in [0, 0.05) is 6.04 Å². The Morgan fingerprint density at radius 2 is 1.93 bits per heavy atom. The van der Waals surface area contributed by atoms with E-state index in [1.165, 1.54) is 0 Å². The molecule has 0 aromatic heterocycles. The molecular weight excluding hydrogens is 220 g/mol. The maximum atomic E-state index is 11.0. The highest BCUT2D eigenvalue weighted by Crippen LogP contribution is 2.21. The number of hydrogen-bond acceptors (Lipinski definition) is 3. The summed E-state index contributed by atoms with van der Waals surface area (Å²) >= 11 is 5.37. The van der Waals surface area contributed by atoms with E-state index in [2.05, 4.69) is 5.32 Å². The van der Waals surface area contributed by atoms with Crippen molar-refractivity contribution >= 4 is 23.6 Å². The zero-order chi connectivity index (χ0) is 11.3. The number of rotatable bonds is 3. The Hall–Kier alpha value is -0.970. The molecule has 1 aliphatic rings. The molecule has 1 rings (SSSR count). The van der Waals surface area contributed by atoms with E-state index in [-0.39, 0.29) is 23.9 Å². The number of nitrogens with one attached hydrogen (secondary N) is 1. The van der Waals surface area contributed by atoms with Crippen LogP contribution in [-0.4, -0.2) is 30.0 Å². The molecule has 0 aromatic rings. The highest BCUT2D eigenvalue weighted by Gasteiger charge is 2.23. The Bertz CT molecular complexity index is 240. The van der Waals surface area contributed by atoms with Gasteiger partial charge in [0.1, 0.15) is 12.0 Å². The second kappa shape index (κ2) is 5.80. The Balaban J connectivity index is 2.23. The van der Waals surface area contributed by atoms with Gasteiger partial charge in [-0.05, 0) is 25.7 Å². The van der Waals surface area contributed by atoms with E-state index >= 15 is 0 Å². The number of primary amides is 1. The van der Waals surface area contributed by atoms with Crippen LogP contribution in [0.25, 0.3) is 0 Å². The van der Waals surface area contributed by atoms with E-state index in [0.717, 1.165) is 25.7 Å². The minimum Gasteiger partial charge on any atom is -0.446 e. The molecule has 0 aromatic carbocycles. The van der Waals surface area contributed by atoms with E-state index in [4.69, 9.17) is 22.1 Å². The summed E-state index contributed by atoms with van der Waals surface area (Å²) in [4.78, 5) is 21.5. The molecule has 0 heterocycles. The molecule has 86 valence electrons. The summed E-state index contributed by atoms with van der Waals surface area (Å²) in [6.07, 6.45) is 2.21. The van der Waals surface area contributed by atoms with Crippen molar-refractivity contribution in [3.63, 3.8) is 0 Å². The molecule has 2 amide bonds. The molecular formula is C9H15ClN2O3. The average Bonchev–Trinajstić information content (AvgIpc) is 2.20. The molecule has 0 unspecified atom stereocenters. The lowest BCUT2D eigenvalue weighted by Crippen LogP contribution is -2.40. The lowest BCUT2D eigenvalue weighted by Gasteiger charge is -2.28. The molecule has 0 atom stereocenters. The maximum absolute atomic E-state index is 11.0. The number of amides is 2. The third-order valence-corrected chi connectivity index (χ3v) is 2.69. The van der Waals surface area contributed by atoms with Crippen LogP contribution >= 0.6 is 11.6 Å². The number of carbonyl (C=O) groups is 2. The predicted octanol–water partition coefficient (Wildman–Crippen LogP) is 0.748. The van der Waals surface area contributed by atoms with E-state index in [0.29, 0.717) is 0 Å². The van der Waals surface area contributed by atoms with Crippen LogP contribution in [0.2, 0.25) is 0 Å². The lowest BCUT2D eigenvalue weighted by molar-refractivity contribution is -0.119. The van der Waals surface area contributed by atoms with E-state index in [1.807, 2.05) is 0 Å². The first kappa shape index (κ1) is 12.1. The second-order valence-electron chi connectivity index (χ2n) is 3.61. The van der Waals surface area contributed by atoms with Crippen LogP contribution in [0.1, 0.15) is 25.7 Å². The average molecular weight is 235 g/mol. The van der Waals surface area contributed by atoms with E-state index in [1.54, 1.807) is 0 Å². The number of ether oxygens (including phenoxy) is 1. The third kappa shape index (κ3) is 4.38. The Labute approximate surface area is 93.3 Å². The summed E-state index contributed by atoms with van der Waals surface area (Å²) in [7, 11) is 0. The van der Waals surface area contributed by atoms with Gasteiger partial charge in [0.25, 0.3) is 0 Å². The lowest BCUT2D eigenvalue weighted by atomic mass is 9.93. The molecule has 0 saturated heterocycles. The van der Waals surface area contributed by atoms with Gasteiger partial charge in [0.2, 0.25) is 5.91 Å². The van der Waals surface area contributed by atoms with Crippen LogP contribution in [0.15, 0.2) is 0 Å². The van der Waals surface area contributed by atoms with Crippen molar-refractivity contribution in [1.29, 1.82) is 0 Å². The molecule has 0 spiro atoms. The maximum Gasteiger partial charge on any atom is 0.404 e. The fourth-order valence-corrected chi connectivity index (χ4v) is 1.83. The van der Waals surface area contributed by atoms with Gasteiger partial charge in [-0.15, -0.1) is 11.6 Å². The van der Waals surface area contributed by atoms with Gasteiger partial charge < -0.3 is 15.8 Å². The smallest absolute Gasteiger partial charge is 0.404 e. The highest BCUT2D eigenvalue weighted by atomic mass is 35.5. The number of carbonyl (C=O) groups excluding carboxylic acids is 2. The second-order valence-corrected chi connectivity index (χ2v) is 3.88. The summed E-state index contributed by atoms with van der Waals surface area (Å²) < 4.78 is 4.87. The summed E-state index contributed by atoms with van der Waals surface area (Å²) in [6, 6.07) is 0.143. The van der Waals surface area contributed by atoms with Gasteiger partial charge in [-0.3, -0.25) is 4.79 Å². The van der Waals surface area contributed by atoms with E-state index < -0.39 is 6.09 Å². The standard InChI is InChI=1S/C9H15ClN2O3/c10-5-8(13)12-6-1-3-7(4-2-6)15-9(11)14/h6-7H,1-5H2,(H2,11,14)(H,12,13)/t6-,7-. The van der Waals surface area contributed by atoms with Crippen LogP contribution < -0.4 is 11.1 Å². The topological polar surface area (TPSA) is 81.4 Å². The Kier molecular flexibility index (Phi) is 4.68. The van der Waals surface area contributed by atoms with Gasteiger partial charge >= 0.3 is 6.09 Å². The van der Waals surface area contributed by atoms with Crippen molar-refractivity contribution in [2.75, 3.05) is 5.88 Å². The molecule has 1 saturated carbocycles. The molecule has 1 aliphatic carbocycles. The number of halogens is 1.